The zero-order valence-electron chi connectivity index (χ0n) is 27.6. The molecule has 0 spiro atoms. The molecule has 4 fully saturated rings. The van der Waals surface area contributed by atoms with E-state index in [2.05, 4.69) is 38.1 Å². The molecule has 1 heterocycles. The first kappa shape index (κ1) is 31.1. The van der Waals surface area contributed by atoms with Crippen molar-refractivity contribution in [2.75, 3.05) is 0 Å². The second-order valence-electron chi connectivity index (χ2n) is 17.0. The predicted molar refractivity (Wildman–Crippen MR) is 168 cm³/mol. The molecule has 6 nitrogen and oxygen atoms in total. The maximum atomic E-state index is 14.4. The number of hydrogen-bond donors (Lipinski definition) is 4. The maximum absolute atomic E-state index is 14.4. The summed E-state index contributed by atoms with van der Waals surface area (Å²) >= 11 is 0. The van der Waals surface area contributed by atoms with Crippen LogP contribution in [-0.4, -0.2) is 61.3 Å². The minimum Gasteiger partial charge on any atom is -0.393 e. The molecule has 242 valence electrons. The number of fused-ring (bicyclic) bond motifs is 2. The molecule has 1 aromatic rings. The highest BCUT2D eigenvalue weighted by molar-refractivity contribution is 6.00. The van der Waals surface area contributed by atoms with Crippen LogP contribution in [-0.2, 0) is 16.0 Å². The Labute approximate surface area is 263 Å². The minimum atomic E-state index is -1.25. The molecule has 4 N–H and O–H groups in total. The van der Waals surface area contributed by atoms with Crippen LogP contribution in [0.1, 0.15) is 98.5 Å². The smallest absolute Gasteiger partial charge is 0.162 e. The predicted octanol–water partition coefficient (Wildman–Crippen LogP) is 5.39. The fraction of sp³-hybridized carbons (Fsp3) is 0.763. The van der Waals surface area contributed by atoms with Gasteiger partial charge in [-0.2, -0.15) is 0 Å². The number of carbonyl (C=O) groups is 1. The molecular weight excluding hydrogens is 552 g/mol. The zero-order chi connectivity index (χ0) is 31.6. The van der Waals surface area contributed by atoms with Gasteiger partial charge in [-0.3, -0.25) is 4.79 Å². The molecule has 1 aliphatic heterocycles. The van der Waals surface area contributed by atoms with Crippen molar-refractivity contribution in [3.8, 4) is 0 Å². The van der Waals surface area contributed by atoms with Crippen molar-refractivity contribution in [1.82, 2.24) is 0 Å². The summed E-state index contributed by atoms with van der Waals surface area (Å²) in [6.07, 6.45) is 5.30. The Balaban J connectivity index is 1.33. The minimum absolute atomic E-state index is 0.0271. The number of benzene rings is 1. The van der Waals surface area contributed by atoms with Gasteiger partial charge in [0.1, 0.15) is 12.2 Å². The van der Waals surface area contributed by atoms with Crippen LogP contribution < -0.4 is 0 Å². The topological polar surface area (TPSA) is 111 Å². The van der Waals surface area contributed by atoms with E-state index >= 15 is 0 Å². The first-order valence-corrected chi connectivity index (χ1v) is 17.4. The summed E-state index contributed by atoms with van der Waals surface area (Å²) in [6.45, 7) is 12.1. The Morgan fingerprint density at radius 2 is 1.75 bits per heavy atom. The van der Waals surface area contributed by atoms with E-state index in [1.165, 1.54) is 5.56 Å². The summed E-state index contributed by atoms with van der Waals surface area (Å²) in [5.74, 6) is -0.0596. The fourth-order valence-corrected chi connectivity index (χ4v) is 11.7. The number of rotatable bonds is 7. The molecule has 13 atom stereocenters. The van der Waals surface area contributed by atoms with E-state index in [1.54, 1.807) is 6.92 Å². The Hall–Kier alpha value is -1.57. The number of aryl methyl sites for hydroxylation is 1. The summed E-state index contributed by atoms with van der Waals surface area (Å²) in [6, 6.07) is 10.6. The Morgan fingerprint density at radius 1 is 1.05 bits per heavy atom. The Kier molecular flexibility index (Phi) is 7.03. The van der Waals surface area contributed by atoms with E-state index in [4.69, 9.17) is 4.74 Å². The Bertz CT molecular complexity index is 1350. The van der Waals surface area contributed by atoms with E-state index < -0.39 is 40.5 Å². The molecule has 44 heavy (non-hydrogen) atoms. The quantitative estimate of drug-likeness (QED) is 0.310. The van der Waals surface area contributed by atoms with Crippen LogP contribution in [0.2, 0.25) is 0 Å². The summed E-state index contributed by atoms with van der Waals surface area (Å²) < 4.78 is 6.14. The zero-order valence-corrected chi connectivity index (χ0v) is 27.6. The third-order valence-electron chi connectivity index (χ3n) is 14.5. The van der Waals surface area contributed by atoms with Gasteiger partial charge in [-0.15, -0.1) is 0 Å². The number of epoxide rings is 1. The van der Waals surface area contributed by atoms with Gasteiger partial charge in [-0.1, -0.05) is 58.0 Å². The number of ketones is 1. The van der Waals surface area contributed by atoms with Crippen LogP contribution in [0.15, 0.2) is 41.5 Å². The molecule has 0 aromatic heterocycles. The molecule has 6 heteroatoms. The number of allylic oxidation sites excluding steroid dienone is 1. The van der Waals surface area contributed by atoms with Gasteiger partial charge in [0.15, 0.2) is 5.78 Å². The third kappa shape index (κ3) is 4.06. The van der Waals surface area contributed by atoms with Crippen molar-refractivity contribution in [3.05, 3.63) is 47.0 Å². The van der Waals surface area contributed by atoms with Gasteiger partial charge in [-0.25, -0.2) is 0 Å². The largest absolute Gasteiger partial charge is 0.393 e. The third-order valence-corrected chi connectivity index (χ3v) is 14.5. The van der Waals surface area contributed by atoms with Gasteiger partial charge in [0, 0.05) is 11.3 Å². The molecule has 1 aromatic carbocycles. The lowest BCUT2D eigenvalue weighted by molar-refractivity contribution is -0.177. The Morgan fingerprint density at radius 3 is 2.43 bits per heavy atom. The van der Waals surface area contributed by atoms with Gasteiger partial charge in [0.25, 0.3) is 0 Å². The SMILES string of the molecule is CC(C)[C@@](C)(O)[C@H]1O[C@@H]1[C@](C)(O)[C@H]1C[C@@H]2CCC3=C4[C@H]([C@H](CCc5ccccc5)C[C@@]1(C)[C@]42O)[C@@]1(C)CC[C@H](O)C[C@H]1C3=O. The lowest BCUT2D eigenvalue weighted by Gasteiger charge is -2.65. The van der Waals surface area contributed by atoms with Gasteiger partial charge in [0.05, 0.1) is 22.9 Å². The summed E-state index contributed by atoms with van der Waals surface area (Å²) in [5, 5.41) is 47.8. The van der Waals surface area contributed by atoms with Crippen molar-refractivity contribution < 1.29 is 30.0 Å². The first-order chi connectivity index (χ1) is 20.6. The van der Waals surface area contributed by atoms with Gasteiger partial charge in [-0.05, 0) is 123 Å². The van der Waals surface area contributed by atoms with E-state index in [1.807, 2.05) is 26.8 Å². The molecule has 0 amide bonds. The number of carbonyl (C=O) groups excluding carboxylic acids is 1. The number of aliphatic hydroxyl groups is 4. The molecule has 0 radical (unpaired) electrons. The number of hydrogen-bond acceptors (Lipinski definition) is 6. The first-order valence-electron chi connectivity index (χ1n) is 17.4. The average molecular weight is 607 g/mol. The van der Waals surface area contributed by atoms with Crippen molar-refractivity contribution in [2.24, 2.45) is 46.3 Å². The molecule has 1 saturated heterocycles. The van der Waals surface area contributed by atoms with Crippen molar-refractivity contribution in [3.63, 3.8) is 0 Å². The highest BCUT2D eigenvalue weighted by Crippen LogP contribution is 2.75. The van der Waals surface area contributed by atoms with Crippen LogP contribution >= 0.6 is 0 Å². The summed E-state index contributed by atoms with van der Waals surface area (Å²) in [4.78, 5) is 14.4. The van der Waals surface area contributed by atoms with E-state index in [0.29, 0.717) is 25.7 Å². The molecule has 5 aliphatic carbocycles. The molecule has 3 saturated carbocycles. The lowest BCUT2D eigenvalue weighted by Crippen LogP contribution is -2.66. The van der Waals surface area contributed by atoms with Crippen LogP contribution in [0.25, 0.3) is 0 Å². The second kappa shape index (κ2) is 9.97. The number of aliphatic hydroxyl groups excluding tert-OH is 1. The summed E-state index contributed by atoms with van der Waals surface area (Å²) in [7, 11) is 0. The average Bonchev–Trinajstić information content (AvgIpc) is 3.76. The van der Waals surface area contributed by atoms with Crippen LogP contribution in [0, 0.1) is 46.3 Å². The standard InChI is InChI=1S/C38H54O6/c1-21(2)36(5,41)32-33(44-32)37(6,42)28-18-24-14-15-26-30-29(34(3)17-16-25(39)19-27(34)31(26)40)23(20-35(28,4)38(24,30)43)13-12-22-10-8-7-9-11-22/h7-11,21,23-25,27-29,32-33,39,41-43H,12-20H2,1-6H3/t23-,24+,25+,27+,28+,29+,32+,33+,34+,35-,36-,37-,38-/m1/s1. The number of Topliss-reactive ketones (excluding diaryl/α,β-unsaturated/α-hetero) is 1. The molecular formula is C38H54O6. The molecule has 0 unspecified atom stereocenters. The molecule has 7 rings (SSSR count). The highest BCUT2D eigenvalue weighted by Gasteiger charge is 2.77. The van der Waals surface area contributed by atoms with E-state index in [0.717, 1.165) is 43.3 Å². The fourth-order valence-electron chi connectivity index (χ4n) is 11.7. The van der Waals surface area contributed by atoms with Crippen molar-refractivity contribution >= 4 is 5.78 Å². The maximum Gasteiger partial charge on any atom is 0.162 e. The van der Waals surface area contributed by atoms with Crippen LogP contribution in [0.4, 0.5) is 0 Å². The molecule has 0 bridgehead atoms. The lowest BCUT2D eigenvalue weighted by atomic mass is 9.40. The normalized spacial score (nSPS) is 47.1. The monoisotopic (exact) mass is 606 g/mol. The number of ether oxygens (including phenoxy) is 1. The van der Waals surface area contributed by atoms with E-state index in [9.17, 15) is 25.2 Å². The van der Waals surface area contributed by atoms with Gasteiger partial charge < -0.3 is 25.2 Å². The van der Waals surface area contributed by atoms with Crippen LogP contribution in [0.5, 0.6) is 0 Å². The highest BCUT2D eigenvalue weighted by atomic mass is 16.6. The van der Waals surface area contributed by atoms with Gasteiger partial charge >= 0.3 is 0 Å². The van der Waals surface area contributed by atoms with Gasteiger partial charge in [0.2, 0.25) is 0 Å². The van der Waals surface area contributed by atoms with Crippen molar-refractivity contribution in [2.45, 2.75) is 134 Å². The second-order valence-corrected chi connectivity index (χ2v) is 17.0. The summed E-state index contributed by atoms with van der Waals surface area (Å²) in [5.41, 5.74) is -1.31. The van der Waals surface area contributed by atoms with E-state index in [-0.39, 0.29) is 46.7 Å². The van der Waals surface area contributed by atoms with Crippen molar-refractivity contribution in [1.29, 1.82) is 0 Å². The van der Waals surface area contributed by atoms with Crippen LogP contribution in [0.3, 0.4) is 0 Å². The molecule has 6 aliphatic rings.